The van der Waals surface area contributed by atoms with Crippen LogP contribution in [-0.2, 0) is 0 Å². The smallest absolute Gasteiger partial charge is 0.274 e. The van der Waals surface area contributed by atoms with E-state index in [-0.39, 0.29) is 12.3 Å². The molecule has 1 aromatic heterocycles. The Balaban J connectivity index is 2.08. The summed E-state index contributed by atoms with van der Waals surface area (Å²) in [6.07, 6.45) is 3.25. The van der Waals surface area contributed by atoms with Crippen LogP contribution in [0.2, 0.25) is 0 Å². The Morgan fingerprint density at radius 3 is 3.18 bits per heavy atom. The third-order valence-corrected chi connectivity index (χ3v) is 3.09. The average molecular weight is 237 g/mol. The van der Waals surface area contributed by atoms with Gasteiger partial charge in [0, 0.05) is 32.0 Å². The largest absolute Gasteiger partial charge is 0.396 e. The Labute approximate surface area is 99.0 Å². The van der Waals surface area contributed by atoms with E-state index >= 15 is 0 Å². The summed E-state index contributed by atoms with van der Waals surface area (Å²) in [5.41, 5.74) is 0.0700. The normalized spacial score (nSPS) is 19.6. The summed E-state index contributed by atoms with van der Waals surface area (Å²) in [5.74, 6) is 1.11. The summed E-state index contributed by atoms with van der Waals surface area (Å²) in [6, 6.07) is 2.89. The van der Waals surface area contributed by atoms with Crippen molar-refractivity contribution in [2.24, 2.45) is 5.92 Å². The number of aromatic nitrogens is 1. The van der Waals surface area contributed by atoms with Gasteiger partial charge in [0.2, 0.25) is 0 Å². The minimum absolute atomic E-state index is 0.0700. The molecule has 17 heavy (non-hydrogen) atoms. The molecule has 1 fully saturated rings. The van der Waals surface area contributed by atoms with Gasteiger partial charge in [-0.3, -0.25) is 10.1 Å². The second-order valence-corrected chi connectivity index (χ2v) is 4.24. The van der Waals surface area contributed by atoms with E-state index < -0.39 is 4.92 Å². The Morgan fingerprint density at radius 2 is 2.47 bits per heavy atom. The third kappa shape index (κ3) is 2.71. The van der Waals surface area contributed by atoms with Crippen molar-refractivity contribution in [2.45, 2.75) is 12.8 Å². The van der Waals surface area contributed by atoms with Crippen LogP contribution >= 0.6 is 0 Å². The van der Waals surface area contributed by atoms with Gasteiger partial charge in [-0.15, -0.1) is 0 Å². The van der Waals surface area contributed by atoms with Crippen LogP contribution in [-0.4, -0.2) is 34.7 Å². The number of nitrogens with zero attached hydrogens (tertiary/aromatic N) is 3. The number of pyridine rings is 1. The second-order valence-electron chi connectivity index (χ2n) is 4.24. The SMILES string of the molecule is O=[N+]([O-])c1ccnc(N2CCC(CCO)C2)c1. The number of rotatable bonds is 4. The van der Waals surface area contributed by atoms with Gasteiger partial charge in [-0.2, -0.15) is 0 Å². The first-order valence-electron chi connectivity index (χ1n) is 5.67. The van der Waals surface area contributed by atoms with Crippen LogP contribution in [0.4, 0.5) is 11.5 Å². The molecule has 1 aliphatic rings. The molecule has 6 heteroatoms. The van der Waals surface area contributed by atoms with E-state index in [1.54, 1.807) is 0 Å². The highest BCUT2D eigenvalue weighted by Gasteiger charge is 2.23. The van der Waals surface area contributed by atoms with Crippen molar-refractivity contribution >= 4 is 11.5 Å². The van der Waals surface area contributed by atoms with E-state index in [4.69, 9.17) is 5.11 Å². The molecule has 0 spiro atoms. The maximum atomic E-state index is 10.7. The first-order chi connectivity index (χ1) is 8.20. The molecule has 0 amide bonds. The summed E-state index contributed by atoms with van der Waals surface area (Å²) in [4.78, 5) is 16.4. The number of hydrogen-bond acceptors (Lipinski definition) is 5. The quantitative estimate of drug-likeness (QED) is 0.628. The topological polar surface area (TPSA) is 79.5 Å². The molecular weight excluding hydrogens is 222 g/mol. The molecule has 1 aliphatic heterocycles. The van der Waals surface area contributed by atoms with Gasteiger partial charge in [0.15, 0.2) is 0 Å². The van der Waals surface area contributed by atoms with Gasteiger partial charge in [0.25, 0.3) is 5.69 Å². The van der Waals surface area contributed by atoms with Crippen molar-refractivity contribution in [1.29, 1.82) is 0 Å². The molecule has 0 saturated carbocycles. The summed E-state index contributed by atoms with van der Waals surface area (Å²) in [5, 5.41) is 19.5. The molecule has 0 radical (unpaired) electrons. The van der Waals surface area contributed by atoms with E-state index in [1.807, 2.05) is 4.90 Å². The fourth-order valence-electron chi connectivity index (χ4n) is 2.15. The molecule has 0 bridgehead atoms. The molecule has 1 saturated heterocycles. The molecule has 1 N–H and O–H groups in total. The van der Waals surface area contributed by atoms with Crippen LogP contribution in [0.1, 0.15) is 12.8 Å². The molecule has 0 aliphatic carbocycles. The van der Waals surface area contributed by atoms with Crippen molar-refractivity contribution in [1.82, 2.24) is 4.98 Å². The van der Waals surface area contributed by atoms with E-state index in [2.05, 4.69) is 4.98 Å². The van der Waals surface area contributed by atoms with E-state index in [9.17, 15) is 10.1 Å². The fraction of sp³-hybridized carbons (Fsp3) is 0.545. The van der Waals surface area contributed by atoms with Crippen molar-refractivity contribution < 1.29 is 10.0 Å². The molecule has 1 unspecified atom stereocenters. The lowest BCUT2D eigenvalue weighted by Gasteiger charge is -2.16. The molecule has 92 valence electrons. The molecule has 1 aromatic rings. The molecular formula is C11H15N3O3. The minimum atomic E-state index is -0.410. The van der Waals surface area contributed by atoms with Gasteiger partial charge in [-0.05, 0) is 18.8 Å². The molecule has 6 nitrogen and oxygen atoms in total. The maximum absolute atomic E-state index is 10.7. The predicted molar refractivity (Wildman–Crippen MR) is 62.9 cm³/mol. The Bertz CT molecular complexity index is 411. The number of nitro groups is 1. The van der Waals surface area contributed by atoms with Crippen LogP contribution in [0.3, 0.4) is 0 Å². The molecule has 1 atom stereocenters. The third-order valence-electron chi connectivity index (χ3n) is 3.09. The predicted octanol–water partition coefficient (Wildman–Crippen LogP) is 1.20. The summed E-state index contributed by atoms with van der Waals surface area (Å²) in [6.45, 7) is 1.86. The molecule has 0 aromatic carbocycles. The van der Waals surface area contributed by atoms with Crippen LogP contribution in [0.15, 0.2) is 18.3 Å². The lowest BCUT2D eigenvalue weighted by molar-refractivity contribution is -0.384. The van der Waals surface area contributed by atoms with Crippen LogP contribution in [0.5, 0.6) is 0 Å². The van der Waals surface area contributed by atoms with Crippen LogP contribution < -0.4 is 4.90 Å². The van der Waals surface area contributed by atoms with E-state index in [0.29, 0.717) is 11.7 Å². The maximum Gasteiger partial charge on any atom is 0.274 e. The summed E-state index contributed by atoms with van der Waals surface area (Å²) >= 11 is 0. The van der Waals surface area contributed by atoms with Crippen molar-refractivity contribution in [2.75, 3.05) is 24.6 Å². The monoisotopic (exact) mass is 237 g/mol. The van der Waals surface area contributed by atoms with Gasteiger partial charge < -0.3 is 10.0 Å². The first-order valence-corrected chi connectivity index (χ1v) is 5.67. The lowest BCUT2D eigenvalue weighted by Crippen LogP contribution is -2.21. The highest BCUT2D eigenvalue weighted by atomic mass is 16.6. The van der Waals surface area contributed by atoms with Gasteiger partial charge in [-0.1, -0.05) is 0 Å². The van der Waals surface area contributed by atoms with Crippen LogP contribution in [0.25, 0.3) is 0 Å². The lowest BCUT2D eigenvalue weighted by atomic mass is 10.1. The zero-order valence-electron chi connectivity index (χ0n) is 9.45. The first kappa shape index (κ1) is 11.8. The molecule has 2 rings (SSSR count). The van der Waals surface area contributed by atoms with Crippen molar-refractivity contribution in [3.05, 3.63) is 28.4 Å². The molecule has 2 heterocycles. The average Bonchev–Trinajstić information content (AvgIpc) is 2.78. The Morgan fingerprint density at radius 1 is 1.65 bits per heavy atom. The van der Waals surface area contributed by atoms with E-state index in [0.717, 1.165) is 25.9 Å². The number of aliphatic hydroxyl groups excluding tert-OH is 1. The fourth-order valence-corrected chi connectivity index (χ4v) is 2.15. The Hall–Kier alpha value is -1.69. The number of hydrogen-bond donors (Lipinski definition) is 1. The standard InChI is InChI=1S/C11H15N3O3/c15-6-3-9-2-5-13(8-9)11-7-10(14(16)17)1-4-12-11/h1,4,7,9,15H,2-3,5-6,8H2. The summed E-state index contributed by atoms with van der Waals surface area (Å²) in [7, 11) is 0. The van der Waals surface area contributed by atoms with Crippen molar-refractivity contribution in [3.63, 3.8) is 0 Å². The highest BCUT2D eigenvalue weighted by molar-refractivity contribution is 5.47. The highest BCUT2D eigenvalue weighted by Crippen LogP contribution is 2.26. The van der Waals surface area contributed by atoms with Gasteiger partial charge in [-0.25, -0.2) is 4.98 Å². The Kier molecular flexibility index (Phi) is 3.53. The van der Waals surface area contributed by atoms with Gasteiger partial charge in [0.1, 0.15) is 5.82 Å². The zero-order valence-corrected chi connectivity index (χ0v) is 9.45. The minimum Gasteiger partial charge on any atom is -0.396 e. The number of aliphatic hydroxyl groups is 1. The zero-order chi connectivity index (χ0) is 12.3. The van der Waals surface area contributed by atoms with Crippen LogP contribution in [0, 0.1) is 16.0 Å². The van der Waals surface area contributed by atoms with Gasteiger partial charge >= 0.3 is 0 Å². The second kappa shape index (κ2) is 5.09. The van der Waals surface area contributed by atoms with E-state index in [1.165, 1.54) is 18.3 Å². The summed E-state index contributed by atoms with van der Waals surface area (Å²) < 4.78 is 0. The van der Waals surface area contributed by atoms with Gasteiger partial charge in [0.05, 0.1) is 11.0 Å². The number of anilines is 1. The van der Waals surface area contributed by atoms with Crippen molar-refractivity contribution in [3.8, 4) is 0 Å².